The number of aliphatic hydroxyl groups excluding tert-OH is 1. The van der Waals surface area contributed by atoms with Crippen LogP contribution in [-0.2, 0) is 11.3 Å². The highest BCUT2D eigenvalue weighted by atomic mass is 79.9. The molecule has 202 valence electrons. The number of aliphatic hydroxyl groups is 1. The normalized spacial score (nSPS) is 14.7. The predicted octanol–water partition coefficient (Wildman–Crippen LogP) is 4.86. The van der Waals surface area contributed by atoms with Gasteiger partial charge in [0.1, 0.15) is 5.82 Å². The first-order valence-electron chi connectivity index (χ1n) is 12.6. The number of anilines is 2. The maximum atomic E-state index is 12.8. The van der Waals surface area contributed by atoms with Gasteiger partial charge in [-0.1, -0.05) is 18.2 Å². The van der Waals surface area contributed by atoms with E-state index >= 15 is 0 Å². The van der Waals surface area contributed by atoms with Crippen molar-refractivity contribution in [1.82, 2.24) is 9.55 Å². The van der Waals surface area contributed by atoms with Crippen LogP contribution in [0.25, 0.3) is 22.3 Å². The average Bonchev–Trinajstić information content (AvgIpc) is 2.93. The van der Waals surface area contributed by atoms with Crippen LogP contribution in [0.3, 0.4) is 0 Å². The summed E-state index contributed by atoms with van der Waals surface area (Å²) in [6.07, 6.45) is 5.78. The van der Waals surface area contributed by atoms with Gasteiger partial charge in [-0.25, -0.2) is 4.98 Å². The number of nitrogens with one attached hydrogen (secondary N) is 1. The highest BCUT2D eigenvalue weighted by Gasteiger charge is 2.18. The Balaban J connectivity index is 1.34. The largest absolute Gasteiger partial charge is 0.504 e. The van der Waals surface area contributed by atoms with E-state index in [2.05, 4.69) is 26.2 Å². The Morgan fingerprint density at radius 1 is 1.03 bits per heavy atom. The number of halogens is 1. The zero-order valence-electron chi connectivity index (χ0n) is 21.0. The number of nitrogen functional groups attached to an aromatic ring is 1. The molecule has 4 aromatic rings. The summed E-state index contributed by atoms with van der Waals surface area (Å²) in [5.41, 5.74) is 9.64. The Bertz CT molecular complexity index is 1530. The minimum Gasteiger partial charge on any atom is -0.504 e. The lowest BCUT2D eigenvalue weighted by Gasteiger charge is -2.24. The number of pyridine rings is 2. The van der Waals surface area contributed by atoms with Crippen LogP contribution in [0.4, 0.5) is 11.5 Å². The Labute approximate surface area is 233 Å². The fourth-order valence-corrected chi connectivity index (χ4v) is 5.18. The van der Waals surface area contributed by atoms with E-state index in [0.717, 1.165) is 43.7 Å². The summed E-state index contributed by atoms with van der Waals surface area (Å²) in [7, 11) is 0. The second-order valence-electron chi connectivity index (χ2n) is 9.63. The maximum Gasteiger partial charge on any atom is 0.203 e. The van der Waals surface area contributed by atoms with Crippen molar-refractivity contribution >= 4 is 27.4 Å². The molecule has 1 saturated heterocycles. The molecule has 0 spiro atoms. The minimum atomic E-state index is -1.21. The molecule has 6 N–H and O–H groups in total. The molecule has 1 fully saturated rings. The number of phenols is 2. The van der Waals surface area contributed by atoms with Gasteiger partial charge in [-0.2, -0.15) is 0 Å². The quantitative estimate of drug-likeness (QED) is 0.151. The van der Waals surface area contributed by atoms with Gasteiger partial charge in [-0.3, -0.25) is 4.79 Å². The van der Waals surface area contributed by atoms with Gasteiger partial charge in [-0.15, -0.1) is 0 Å². The molecule has 1 unspecified atom stereocenters. The number of nitrogens with zero attached hydrogens (tertiary/aromatic N) is 2. The van der Waals surface area contributed by atoms with Gasteiger partial charge >= 0.3 is 0 Å². The van der Waals surface area contributed by atoms with Gasteiger partial charge < -0.3 is 35.7 Å². The molecule has 0 amide bonds. The minimum absolute atomic E-state index is 0.200. The number of hydrogen-bond acceptors (Lipinski definition) is 8. The van der Waals surface area contributed by atoms with Crippen LogP contribution in [-0.4, -0.2) is 38.1 Å². The first kappa shape index (κ1) is 26.7. The summed E-state index contributed by atoms with van der Waals surface area (Å²) in [4.78, 5) is 17.1. The van der Waals surface area contributed by atoms with E-state index in [9.17, 15) is 20.1 Å². The Morgan fingerprint density at radius 3 is 2.46 bits per heavy atom. The van der Waals surface area contributed by atoms with Crippen LogP contribution in [0.2, 0.25) is 0 Å². The fourth-order valence-electron chi connectivity index (χ4n) is 4.69. The number of phenolic OH excluding ortho intramolecular Hbond substituents is 2. The van der Waals surface area contributed by atoms with Crippen molar-refractivity contribution in [3.05, 3.63) is 87.4 Å². The topological polar surface area (TPSA) is 143 Å². The highest BCUT2D eigenvalue weighted by Crippen LogP contribution is 2.34. The molecule has 39 heavy (non-hydrogen) atoms. The molecule has 1 atom stereocenters. The zero-order valence-corrected chi connectivity index (χ0v) is 22.6. The molecule has 0 bridgehead atoms. The Morgan fingerprint density at radius 2 is 1.74 bits per heavy atom. The molecule has 10 heteroatoms. The predicted molar refractivity (Wildman–Crippen MR) is 153 cm³/mol. The summed E-state index contributed by atoms with van der Waals surface area (Å²) in [6.45, 7) is 2.23. The molecule has 0 saturated carbocycles. The lowest BCUT2D eigenvalue weighted by Crippen LogP contribution is -2.25. The Hall–Kier alpha value is -3.86. The van der Waals surface area contributed by atoms with E-state index in [1.54, 1.807) is 36.8 Å². The second kappa shape index (κ2) is 11.5. The van der Waals surface area contributed by atoms with Crippen molar-refractivity contribution < 1.29 is 20.1 Å². The summed E-state index contributed by atoms with van der Waals surface area (Å²) >= 11 is 3.35. The number of rotatable bonds is 7. The van der Waals surface area contributed by atoms with Crippen LogP contribution in [0.5, 0.6) is 11.5 Å². The second-order valence-corrected chi connectivity index (χ2v) is 10.5. The van der Waals surface area contributed by atoms with Gasteiger partial charge in [-0.05, 0) is 76.1 Å². The SMILES string of the molecule is Nc1ncc(-c2ccc(O)c(O)c2)cc1-c1ccc(NC(O)c2cn(CC3CCOCC3)cc(Br)c2=O)cc1. The molecule has 9 nitrogen and oxygen atoms in total. The van der Waals surface area contributed by atoms with Crippen LogP contribution >= 0.6 is 15.9 Å². The van der Waals surface area contributed by atoms with E-state index in [1.165, 1.54) is 12.1 Å². The number of benzene rings is 2. The van der Waals surface area contributed by atoms with Crippen molar-refractivity contribution in [2.45, 2.75) is 25.6 Å². The van der Waals surface area contributed by atoms with E-state index in [0.29, 0.717) is 33.0 Å². The zero-order chi connectivity index (χ0) is 27.5. The molecule has 5 rings (SSSR count). The molecule has 3 heterocycles. The molecule has 0 aliphatic carbocycles. The van der Waals surface area contributed by atoms with Crippen molar-refractivity contribution in [2.75, 3.05) is 24.3 Å². The van der Waals surface area contributed by atoms with Crippen LogP contribution in [0, 0.1) is 5.92 Å². The molecule has 2 aromatic heterocycles. The van der Waals surface area contributed by atoms with Crippen LogP contribution in [0.1, 0.15) is 24.6 Å². The van der Waals surface area contributed by atoms with Gasteiger partial charge in [0.25, 0.3) is 0 Å². The summed E-state index contributed by atoms with van der Waals surface area (Å²) in [6, 6.07) is 13.7. The standard InChI is InChI=1S/C29H29BrN4O5/c30-24-16-34(14-17-7-9-39-10-8-17)15-23(27(24)37)29(38)33-21-4-1-18(2-5-21)22-11-20(13-32-28(22)31)19-3-6-25(35)26(36)12-19/h1-6,11-13,15-17,29,33,35-36,38H,7-10,14H2,(H2,31,32). The maximum absolute atomic E-state index is 12.8. The summed E-state index contributed by atoms with van der Waals surface area (Å²) in [5, 5.41) is 33.4. The molecule has 2 aromatic carbocycles. The Kier molecular flexibility index (Phi) is 7.87. The molecule has 1 aliphatic heterocycles. The first-order valence-corrected chi connectivity index (χ1v) is 13.4. The van der Waals surface area contributed by atoms with Crippen LogP contribution in [0.15, 0.2) is 76.4 Å². The van der Waals surface area contributed by atoms with Gasteiger partial charge in [0, 0.05) is 55.2 Å². The highest BCUT2D eigenvalue weighted by molar-refractivity contribution is 9.10. The number of aromatic hydroxyl groups is 2. The number of ether oxygens (including phenoxy) is 1. The smallest absolute Gasteiger partial charge is 0.203 e. The fraction of sp³-hybridized carbons (Fsp3) is 0.241. The van der Waals surface area contributed by atoms with E-state index < -0.39 is 6.23 Å². The molecular formula is C29H29BrN4O5. The number of hydrogen-bond donors (Lipinski definition) is 5. The first-order chi connectivity index (χ1) is 18.8. The third-order valence-electron chi connectivity index (χ3n) is 6.89. The van der Waals surface area contributed by atoms with E-state index in [1.807, 2.05) is 22.8 Å². The monoisotopic (exact) mass is 592 g/mol. The van der Waals surface area contributed by atoms with Gasteiger partial charge in [0.05, 0.1) is 10.0 Å². The molecule has 1 aliphatic rings. The molecular weight excluding hydrogens is 564 g/mol. The third-order valence-corrected chi connectivity index (χ3v) is 7.46. The van der Waals surface area contributed by atoms with E-state index in [4.69, 9.17) is 10.5 Å². The lowest BCUT2D eigenvalue weighted by molar-refractivity contribution is 0.0611. The van der Waals surface area contributed by atoms with Crippen molar-refractivity contribution in [2.24, 2.45) is 5.92 Å². The van der Waals surface area contributed by atoms with Crippen molar-refractivity contribution in [3.63, 3.8) is 0 Å². The van der Waals surface area contributed by atoms with Crippen molar-refractivity contribution in [3.8, 4) is 33.8 Å². The van der Waals surface area contributed by atoms with Crippen LogP contribution < -0.4 is 16.5 Å². The summed E-state index contributed by atoms with van der Waals surface area (Å²) < 4.78 is 7.78. The number of nitrogens with two attached hydrogens (primary N) is 1. The average molecular weight is 593 g/mol. The molecule has 0 radical (unpaired) electrons. The van der Waals surface area contributed by atoms with Gasteiger partial charge in [0.2, 0.25) is 5.43 Å². The van der Waals surface area contributed by atoms with E-state index in [-0.39, 0.29) is 22.5 Å². The lowest BCUT2D eigenvalue weighted by atomic mass is 10.0. The van der Waals surface area contributed by atoms with Gasteiger partial charge in [0.15, 0.2) is 17.7 Å². The van der Waals surface area contributed by atoms with Crippen molar-refractivity contribution in [1.29, 1.82) is 0 Å². The third kappa shape index (κ3) is 6.08. The number of aromatic nitrogens is 2. The summed E-state index contributed by atoms with van der Waals surface area (Å²) in [5.74, 6) is 0.370.